The molecule has 4 rings (SSSR count). The van der Waals surface area contributed by atoms with Crippen molar-refractivity contribution >= 4 is 29.3 Å². The zero-order valence-corrected chi connectivity index (χ0v) is 17.9. The van der Waals surface area contributed by atoms with Crippen LogP contribution in [-0.4, -0.2) is 23.2 Å². The monoisotopic (exact) mass is 439 g/mol. The molecule has 30 heavy (non-hydrogen) atoms. The third kappa shape index (κ3) is 4.98. The Morgan fingerprint density at radius 1 is 1.00 bits per heavy atom. The molecule has 3 aromatic rings. The first-order chi connectivity index (χ1) is 14.6. The maximum atomic E-state index is 11.4. The summed E-state index contributed by atoms with van der Waals surface area (Å²) < 4.78 is 5.91. The van der Waals surface area contributed by atoms with Crippen LogP contribution in [0.3, 0.4) is 0 Å². The average Bonchev–Trinajstić information content (AvgIpc) is 3.42. The van der Waals surface area contributed by atoms with Gasteiger partial charge < -0.3 is 15.2 Å². The number of hydrogen-bond acceptors (Lipinski definition) is 4. The summed E-state index contributed by atoms with van der Waals surface area (Å²) in [6, 6.07) is 24.0. The zero-order chi connectivity index (χ0) is 21.0. The van der Waals surface area contributed by atoms with Crippen LogP contribution in [0.2, 0.25) is 5.02 Å². The number of carbonyl (C=O) groups excluding carboxylic acids is 1. The first-order valence-electron chi connectivity index (χ1n) is 9.74. The number of amides is 1. The molecule has 1 aliphatic rings. The number of benzene rings is 3. The Hall–Kier alpha value is -2.47. The summed E-state index contributed by atoms with van der Waals surface area (Å²) in [6.07, 6.45) is 1.17. The molecular formula is C24H22ClNO3S. The van der Waals surface area contributed by atoms with E-state index in [1.165, 1.54) is 0 Å². The molecule has 6 heteroatoms. The van der Waals surface area contributed by atoms with Gasteiger partial charge in [0.2, 0.25) is 5.91 Å². The van der Waals surface area contributed by atoms with E-state index < -0.39 is 5.54 Å². The number of nitrogens with one attached hydrogen (secondary N) is 1. The molecule has 0 spiro atoms. The van der Waals surface area contributed by atoms with Gasteiger partial charge in [0.1, 0.15) is 17.9 Å². The summed E-state index contributed by atoms with van der Waals surface area (Å²) in [5.41, 5.74) is 1.33. The Kier molecular flexibility index (Phi) is 6.32. The van der Waals surface area contributed by atoms with Crippen LogP contribution in [0.25, 0.3) is 0 Å². The second-order valence-electron chi connectivity index (χ2n) is 7.30. The third-order valence-electron chi connectivity index (χ3n) is 5.13. The molecule has 1 heterocycles. The Labute approximate surface area is 185 Å². The van der Waals surface area contributed by atoms with E-state index in [-0.39, 0.29) is 12.5 Å². The molecular weight excluding hydrogens is 418 g/mol. The van der Waals surface area contributed by atoms with Crippen molar-refractivity contribution in [1.82, 2.24) is 5.32 Å². The number of ether oxygens (including phenoxy) is 1. The Morgan fingerprint density at radius 2 is 1.77 bits per heavy atom. The molecule has 0 saturated carbocycles. The van der Waals surface area contributed by atoms with Gasteiger partial charge in [-0.15, -0.1) is 0 Å². The first-order valence-corrected chi connectivity index (χ1v) is 10.9. The van der Waals surface area contributed by atoms with E-state index in [2.05, 4.69) is 5.32 Å². The maximum Gasteiger partial charge on any atom is 0.249 e. The smallest absolute Gasteiger partial charge is 0.249 e. The Bertz CT molecular complexity index is 1040. The number of rotatable bonds is 9. The minimum atomic E-state index is -0.767. The summed E-state index contributed by atoms with van der Waals surface area (Å²) in [6.45, 7) is 0.349. The Balaban J connectivity index is 1.37. The van der Waals surface area contributed by atoms with Gasteiger partial charge in [0.05, 0.1) is 6.61 Å². The molecule has 1 atom stereocenters. The van der Waals surface area contributed by atoms with E-state index >= 15 is 0 Å². The molecule has 4 nitrogen and oxygen atoms in total. The van der Waals surface area contributed by atoms with E-state index in [0.717, 1.165) is 26.7 Å². The molecule has 1 saturated heterocycles. The van der Waals surface area contributed by atoms with Crippen molar-refractivity contribution in [3.05, 3.63) is 88.9 Å². The van der Waals surface area contributed by atoms with Crippen molar-refractivity contribution in [1.29, 1.82) is 0 Å². The SMILES string of the molecule is O=C1NC1(CO)CCc1ccc(Sc2cccc(OCc3ccccc3)c2)cc1Cl. The second kappa shape index (κ2) is 9.13. The average molecular weight is 440 g/mol. The lowest BCUT2D eigenvalue weighted by molar-refractivity contribution is -0.112. The minimum absolute atomic E-state index is 0.0948. The van der Waals surface area contributed by atoms with Crippen molar-refractivity contribution in [2.45, 2.75) is 34.8 Å². The molecule has 154 valence electrons. The number of halogens is 1. The molecule has 0 radical (unpaired) electrons. The van der Waals surface area contributed by atoms with Crippen LogP contribution in [0.1, 0.15) is 17.5 Å². The third-order valence-corrected chi connectivity index (χ3v) is 6.46. The number of carbonyl (C=O) groups is 1. The van der Waals surface area contributed by atoms with Crippen LogP contribution < -0.4 is 10.1 Å². The highest BCUT2D eigenvalue weighted by Gasteiger charge is 2.52. The van der Waals surface area contributed by atoms with Crippen LogP contribution in [0.4, 0.5) is 0 Å². The highest BCUT2D eigenvalue weighted by Crippen LogP contribution is 2.34. The predicted octanol–water partition coefficient (Wildman–Crippen LogP) is 4.86. The summed E-state index contributed by atoms with van der Waals surface area (Å²) in [4.78, 5) is 13.5. The molecule has 2 N–H and O–H groups in total. The largest absolute Gasteiger partial charge is 0.489 e. The molecule has 1 unspecified atom stereocenters. The fraction of sp³-hybridized carbons (Fsp3) is 0.208. The topological polar surface area (TPSA) is 68.5 Å². The van der Waals surface area contributed by atoms with Crippen LogP contribution in [-0.2, 0) is 17.8 Å². The summed E-state index contributed by atoms with van der Waals surface area (Å²) in [5, 5.41) is 12.7. The van der Waals surface area contributed by atoms with Gasteiger partial charge in [-0.25, -0.2) is 0 Å². The molecule has 1 amide bonds. The van der Waals surface area contributed by atoms with Gasteiger partial charge in [0.15, 0.2) is 0 Å². The summed E-state index contributed by atoms with van der Waals surface area (Å²) in [7, 11) is 0. The highest BCUT2D eigenvalue weighted by atomic mass is 35.5. The van der Waals surface area contributed by atoms with Gasteiger partial charge in [0, 0.05) is 14.8 Å². The Morgan fingerprint density at radius 3 is 2.47 bits per heavy atom. The fourth-order valence-electron chi connectivity index (χ4n) is 3.20. The summed E-state index contributed by atoms with van der Waals surface area (Å²) in [5.74, 6) is 0.727. The second-order valence-corrected chi connectivity index (χ2v) is 8.85. The van der Waals surface area contributed by atoms with Crippen LogP contribution in [0.5, 0.6) is 5.75 Å². The van der Waals surface area contributed by atoms with Crippen LogP contribution in [0, 0.1) is 0 Å². The van der Waals surface area contributed by atoms with E-state index in [9.17, 15) is 9.90 Å². The van der Waals surface area contributed by atoms with E-state index in [1.54, 1.807) is 11.8 Å². The molecule has 0 aromatic heterocycles. The van der Waals surface area contributed by atoms with E-state index in [1.807, 2.05) is 72.8 Å². The van der Waals surface area contributed by atoms with Crippen LogP contribution >= 0.6 is 23.4 Å². The molecule has 1 fully saturated rings. The molecule has 0 aliphatic carbocycles. The highest BCUT2D eigenvalue weighted by molar-refractivity contribution is 7.99. The minimum Gasteiger partial charge on any atom is -0.489 e. The number of hydrogen-bond donors (Lipinski definition) is 2. The normalized spacial score (nSPS) is 17.5. The molecule has 3 aromatic carbocycles. The van der Waals surface area contributed by atoms with Crippen molar-refractivity contribution in [2.75, 3.05) is 6.61 Å². The lowest BCUT2D eigenvalue weighted by atomic mass is 10.00. The quantitative estimate of drug-likeness (QED) is 0.467. The van der Waals surface area contributed by atoms with E-state index in [4.69, 9.17) is 16.3 Å². The molecule has 0 bridgehead atoms. The first kappa shape index (κ1) is 20.8. The lowest BCUT2D eigenvalue weighted by Gasteiger charge is -2.11. The van der Waals surface area contributed by atoms with Gasteiger partial charge in [-0.05, 0) is 54.3 Å². The maximum absolute atomic E-state index is 11.4. The zero-order valence-electron chi connectivity index (χ0n) is 16.3. The van der Waals surface area contributed by atoms with Gasteiger partial charge in [-0.2, -0.15) is 0 Å². The molecule has 1 aliphatic heterocycles. The van der Waals surface area contributed by atoms with Gasteiger partial charge in [-0.1, -0.05) is 65.8 Å². The standard InChI is InChI=1S/C24H22ClNO3S/c25-22-14-21(10-9-18(22)11-12-24(16-27)23(28)26-24)30-20-8-4-7-19(13-20)29-15-17-5-2-1-3-6-17/h1-10,13-14,27H,11-12,15-16H2,(H,26,28). The number of aliphatic hydroxyl groups is 1. The van der Waals surface area contributed by atoms with Crippen molar-refractivity contribution in [2.24, 2.45) is 0 Å². The van der Waals surface area contributed by atoms with Gasteiger partial charge in [-0.3, -0.25) is 4.79 Å². The summed E-state index contributed by atoms with van der Waals surface area (Å²) >= 11 is 8.08. The predicted molar refractivity (Wildman–Crippen MR) is 119 cm³/mol. The fourth-order valence-corrected chi connectivity index (χ4v) is 4.45. The van der Waals surface area contributed by atoms with Gasteiger partial charge >= 0.3 is 0 Å². The van der Waals surface area contributed by atoms with Gasteiger partial charge in [0.25, 0.3) is 0 Å². The van der Waals surface area contributed by atoms with Crippen molar-refractivity contribution in [3.63, 3.8) is 0 Å². The van der Waals surface area contributed by atoms with Crippen molar-refractivity contribution in [3.8, 4) is 5.75 Å². The van der Waals surface area contributed by atoms with Crippen molar-refractivity contribution < 1.29 is 14.6 Å². The number of aryl methyl sites for hydroxylation is 1. The lowest BCUT2D eigenvalue weighted by Crippen LogP contribution is -2.22. The van der Waals surface area contributed by atoms with Crippen LogP contribution in [0.15, 0.2) is 82.6 Å². The van der Waals surface area contributed by atoms with E-state index in [0.29, 0.717) is 24.5 Å². The number of aliphatic hydroxyl groups excluding tert-OH is 1.